The van der Waals surface area contributed by atoms with Crippen LogP contribution in [0.15, 0.2) is 47.1 Å². The Labute approximate surface area is 177 Å². The fourth-order valence-electron chi connectivity index (χ4n) is 4.78. The van der Waals surface area contributed by atoms with Crippen LogP contribution in [-0.2, 0) is 6.42 Å². The standard InChI is InChI=1S/C24H23BrFN3/c1-14-20(25)7-9-22-24(14)29-23(28-22)12-15-2-4-16(5-3-15)18-10-11-27-21-8-6-17(26)13-19(18)21/h6-11,13,15-16H,2-5,12H2,1H3,(H,28,29). The maximum absolute atomic E-state index is 13.8. The number of aromatic amines is 1. The molecule has 1 aliphatic rings. The first-order valence-corrected chi connectivity index (χ1v) is 11.1. The van der Waals surface area contributed by atoms with E-state index in [1.807, 2.05) is 6.20 Å². The van der Waals surface area contributed by atoms with Crippen molar-refractivity contribution in [3.05, 3.63) is 69.8 Å². The third-order valence-corrected chi connectivity index (χ3v) is 7.26. The Morgan fingerprint density at radius 2 is 1.93 bits per heavy atom. The summed E-state index contributed by atoms with van der Waals surface area (Å²) >= 11 is 3.59. The van der Waals surface area contributed by atoms with Crippen molar-refractivity contribution in [2.24, 2.45) is 5.92 Å². The Morgan fingerprint density at radius 3 is 2.76 bits per heavy atom. The Bertz CT molecular complexity index is 1190. The van der Waals surface area contributed by atoms with Crippen LogP contribution in [0.5, 0.6) is 0 Å². The van der Waals surface area contributed by atoms with Crippen molar-refractivity contribution in [1.82, 2.24) is 15.0 Å². The Morgan fingerprint density at radius 1 is 1.10 bits per heavy atom. The molecule has 0 aliphatic heterocycles. The van der Waals surface area contributed by atoms with Gasteiger partial charge < -0.3 is 4.98 Å². The van der Waals surface area contributed by atoms with E-state index in [9.17, 15) is 4.39 Å². The molecule has 29 heavy (non-hydrogen) atoms. The van der Waals surface area contributed by atoms with E-state index in [2.05, 4.69) is 51.0 Å². The van der Waals surface area contributed by atoms with Gasteiger partial charge in [0.25, 0.3) is 0 Å². The second kappa shape index (κ2) is 7.52. The SMILES string of the molecule is Cc1c(Br)ccc2[nH]c(CC3CCC(c4ccnc5ccc(F)cc45)CC3)nc12. The quantitative estimate of drug-likeness (QED) is 0.370. The molecule has 0 unspecified atom stereocenters. The summed E-state index contributed by atoms with van der Waals surface area (Å²) in [6.45, 7) is 2.10. The number of pyridine rings is 1. The molecule has 0 amide bonds. The highest BCUT2D eigenvalue weighted by Crippen LogP contribution is 2.39. The van der Waals surface area contributed by atoms with Crippen molar-refractivity contribution in [2.75, 3.05) is 0 Å². The molecule has 5 rings (SSSR count). The summed E-state index contributed by atoms with van der Waals surface area (Å²) in [5, 5.41) is 0.967. The molecule has 2 heterocycles. The summed E-state index contributed by atoms with van der Waals surface area (Å²) in [5.41, 5.74) is 5.49. The number of fused-ring (bicyclic) bond motifs is 2. The lowest BCUT2D eigenvalue weighted by Crippen LogP contribution is -2.16. The topological polar surface area (TPSA) is 41.6 Å². The van der Waals surface area contributed by atoms with Crippen LogP contribution in [0.3, 0.4) is 0 Å². The first kappa shape index (κ1) is 18.7. The predicted octanol–water partition coefficient (Wildman–Crippen LogP) is 6.84. The molecular weight excluding hydrogens is 429 g/mol. The molecule has 1 aliphatic carbocycles. The summed E-state index contributed by atoms with van der Waals surface area (Å²) < 4.78 is 14.9. The largest absolute Gasteiger partial charge is 0.342 e. The smallest absolute Gasteiger partial charge is 0.123 e. The van der Waals surface area contributed by atoms with Gasteiger partial charge in [-0.1, -0.05) is 15.9 Å². The highest BCUT2D eigenvalue weighted by atomic mass is 79.9. The summed E-state index contributed by atoms with van der Waals surface area (Å²) in [7, 11) is 0. The van der Waals surface area contributed by atoms with E-state index in [0.29, 0.717) is 11.8 Å². The van der Waals surface area contributed by atoms with Crippen LogP contribution < -0.4 is 0 Å². The lowest BCUT2D eigenvalue weighted by atomic mass is 9.77. The van der Waals surface area contributed by atoms with E-state index in [4.69, 9.17) is 4.98 Å². The van der Waals surface area contributed by atoms with E-state index >= 15 is 0 Å². The van der Waals surface area contributed by atoms with E-state index in [0.717, 1.165) is 51.5 Å². The lowest BCUT2D eigenvalue weighted by Gasteiger charge is -2.29. The monoisotopic (exact) mass is 451 g/mol. The molecule has 1 saturated carbocycles. The van der Waals surface area contributed by atoms with Crippen molar-refractivity contribution in [1.29, 1.82) is 0 Å². The fourth-order valence-corrected chi connectivity index (χ4v) is 5.10. The van der Waals surface area contributed by atoms with Gasteiger partial charge >= 0.3 is 0 Å². The molecular formula is C24H23BrFN3. The highest BCUT2D eigenvalue weighted by molar-refractivity contribution is 9.10. The highest BCUT2D eigenvalue weighted by Gasteiger charge is 2.25. The van der Waals surface area contributed by atoms with E-state index in [1.165, 1.54) is 30.0 Å². The molecule has 0 atom stereocenters. The Balaban J connectivity index is 1.31. The lowest BCUT2D eigenvalue weighted by molar-refractivity contribution is 0.322. The van der Waals surface area contributed by atoms with Crippen molar-refractivity contribution >= 4 is 37.9 Å². The van der Waals surface area contributed by atoms with Crippen molar-refractivity contribution in [2.45, 2.75) is 44.9 Å². The molecule has 4 aromatic rings. The number of hydrogen-bond acceptors (Lipinski definition) is 2. The fraction of sp³-hybridized carbons (Fsp3) is 0.333. The van der Waals surface area contributed by atoms with Crippen molar-refractivity contribution < 1.29 is 4.39 Å². The van der Waals surface area contributed by atoms with Crippen LogP contribution in [0, 0.1) is 18.7 Å². The van der Waals surface area contributed by atoms with Crippen molar-refractivity contribution in [3.63, 3.8) is 0 Å². The van der Waals surface area contributed by atoms with Gasteiger partial charge in [-0.2, -0.15) is 0 Å². The molecule has 1 fully saturated rings. The van der Waals surface area contributed by atoms with Gasteiger partial charge in [0, 0.05) is 22.5 Å². The number of rotatable bonds is 3. The van der Waals surface area contributed by atoms with Gasteiger partial charge in [0.1, 0.15) is 11.6 Å². The molecule has 2 aromatic heterocycles. The van der Waals surface area contributed by atoms with Crippen LogP contribution in [0.1, 0.15) is 48.6 Å². The molecule has 0 bridgehead atoms. The molecule has 1 N–H and O–H groups in total. The average molecular weight is 452 g/mol. The molecule has 3 nitrogen and oxygen atoms in total. The average Bonchev–Trinajstić information content (AvgIpc) is 3.14. The molecule has 2 aromatic carbocycles. The van der Waals surface area contributed by atoms with Crippen LogP contribution in [-0.4, -0.2) is 15.0 Å². The third-order valence-electron chi connectivity index (χ3n) is 6.40. The minimum Gasteiger partial charge on any atom is -0.342 e. The van der Waals surface area contributed by atoms with Gasteiger partial charge in [0.2, 0.25) is 0 Å². The van der Waals surface area contributed by atoms with Gasteiger partial charge in [-0.05, 0) is 92.0 Å². The number of aryl methyl sites for hydroxylation is 1. The number of H-pyrrole nitrogens is 1. The summed E-state index contributed by atoms with van der Waals surface area (Å²) in [6, 6.07) is 11.1. The number of benzene rings is 2. The molecule has 0 spiro atoms. The minimum absolute atomic E-state index is 0.188. The molecule has 0 radical (unpaired) electrons. The maximum Gasteiger partial charge on any atom is 0.123 e. The number of nitrogens with one attached hydrogen (secondary N) is 1. The maximum atomic E-state index is 13.8. The number of hydrogen-bond donors (Lipinski definition) is 1. The Hall–Kier alpha value is -2.27. The zero-order valence-electron chi connectivity index (χ0n) is 16.4. The van der Waals surface area contributed by atoms with Crippen LogP contribution >= 0.6 is 15.9 Å². The summed E-state index contributed by atoms with van der Waals surface area (Å²) in [6.07, 6.45) is 7.45. The summed E-state index contributed by atoms with van der Waals surface area (Å²) in [4.78, 5) is 12.8. The third kappa shape index (κ3) is 3.57. The second-order valence-electron chi connectivity index (χ2n) is 8.24. The predicted molar refractivity (Wildman–Crippen MR) is 119 cm³/mol. The van der Waals surface area contributed by atoms with Crippen LogP contribution in [0.4, 0.5) is 4.39 Å². The van der Waals surface area contributed by atoms with Crippen LogP contribution in [0.25, 0.3) is 21.9 Å². The number of imidazole rings is 1. The molecule has 0 saturated heterocycles. The van der Waals surface area contributed by atoms with Crippen LogP contribution in [0.2, 0.25) is 0 Å². The van der Waals surface area contributed by atoms with E-state index in [1.54, 1.807) is 12.1 Å². The van der Waals surface area contributed by atoms with E-state index in [-0.39, 0.29) is 5.82 Å². The van der Waals surface area contributed by atoms with Gasteiger partial charge in [-0.25, -0.2) is 9.37 Å². The number of nitrogens with zero attached hydrogens (tertiary/aromatic N) is 2. The minimum atomic E-state index is -0.188. The molecule has 5 heteroatoms. The number of halogens is 2. The zero-order chi connectivity index (χ0) is 20.0. The van der Waals surface area contributed by atoms with Crippen molar-refractivity contribution in [3.8, 4) is 0 Å². The zero-order valence-corrected chi connectivity index (χ0v) is 18.0. The van der Waals surface area contributed by atoms with Gasteiger partial charge in [0.15, 0.2) is 0 Å². The number of aromatic nitrogens is 3. The first-order chi connectivity index (χ1) is 14.1. The van der Waals surface area contributed by atoms with Gasteiger partial charge in [0.05, 0.1) is 16.6 Å². The summed E-state index contributed by atoms with van der Waals surface area (Å²) in [5.74, 6) is 2.01. The Kier molecular flexibility index (Phi) is 4.86. The van der Waals surface area contributed by atoms with Gasteiger partial charge in [-0.15, -0.1) is 0 Å². The van der Waals surface area contributed by atoms with Gasteiger partial charge in [-0.3, -0.25) is 4.98 Å². The normalized spacial score (nSPS) is 19.8. The molecule has 148 valence electrons. The van der Waals surface area contributed by atoms with E-state index < -0.39 is 0 Å². The first-order valence-electron chi connectivity index (χ1n) is 10.3. The second-order valence-corrected chi connectivity index (χ2v) is 9.09.